The van der Waals surface area contributed by atoms with Crippen LogP contribution in [-0.4, -0.2) is 45.2 Å². The van der Waals surface area contributed by atoms with Crippen LogP contribution in [0.25, 0.3) is 0 Å². The molecule has 1 saturated heterocycles. The maximum absolute atomic E-state index is 12.7. The van der Waals surface area contributed by atoms with Crippen LogP contribution in [0.1, 0.15) is 25.7 Å². The molecule has 2 fully saturated rings. The molecule has 7 nitrogen and oxygen atoms in total. The lowest BCUT2D eigenvalue weighted by Crippen LogP contribution is -2.43. The van der Waals surface area contributed by atoms with Crippen molar-refractivity contribution in [2.24, 2.45) is 17.6 Å². The summed E-state index contributed by atoms with van der Waals surface area (Å²) in [5.74, 6) is 1.09. The molecule has 3 rings (SSSR count). The molecule has 0 aromatic heterocycles. The lowest BCUT2D eigenvalue weighted by molar-refractivity contribution is -0.127. The molecule has 1 aromatic rings. The Morgan fingerprint density at radius 2 is 1.89 bits per heavy atom. The smallest absolute Gasteiger partial charge is 0.227 e. The van der Waals surface area contributed by atoms with Crippen molar-refractivity contribution in [3.63, 3.8) is 0 Å². The molecule has 1 aliphatic carbocycles. The van der Waals surface area contributed by atoms with Crippen LogP contribution in [0.5, 0.6) is 11.5 Å². The van der Waals surface area contributed by atoms with Gasteiger partial charge in [0.15, 0.2) is 0 Å². The van der Waals surface area contributed by atoms with Crippen LogP contribution in [-0.2, 0) is 9.59 Å². The molecule has 8 heteroatoms. The monoisotopic (exact) mass is 397 g/mol. The Bertz CT molecular complexity index is 663. The molecule has 0 spiro atoms. The predicted octanol–water partition coefficient (Wildman–Crippen LogP) is 1.72. The SMILES string of the molecule is COc1cc(OC)cc(N2CC(C(=O)NC3CCCC3CN)CC2=O)c1.Cl. The van der Waals surface area contributed by atoms with Gasteiger partial charge in [-0.25, -0.2) is 0 Å². The Morgan fingerprint density at radius 1 is 1.22 bits per heavy atom. The summed E-state index contributed by atoms with van der Waals surface area (Å²) < 4.78 is 10.5. The molecule has 3 unspecified atom stereocenters. The van der Waals surface area contributed by atoms with Crippen molar-refractivity contribution in [1.29, 1.82) is 0 Å². The number of hydrogen-bond donors (Lipinski definition) is 2. The first-order valence-corrected chi connectivity index (χ1v) is 9.09. The van der Waals surface area contributed by atoms with E-state index in [-0.39, 0.29) is 42.6 Å². The van der Waals surface area contributed by atoms with Crippen molar-refractivity contribution in [2.75, 3.05) is 32.2 Å². The van der Waals surface area contributed by atoms with Gasteiger partial charge in [-0.2, -0.15) is 0 Å². The number of halogens is 1. The third kappa shape index (κ3) is 4.65. The molecule has 3 atom stereocenters. The topological polar surface area (TPSA) is 93.9 Å². The number of nitrogens with zero attached hydrogens (tertiary/aromatic N) is 1. The fourth-order valence-corrected chi connectivity index (χ4v) is 3.89. The normalized spacial score (nSPS) is 24.5. The highest BCUT2D eigenvalue weighted by atomic mass is 35.5. The summed E-state index contributed by atoms with van der Waals surface area (Å²) in [6, 6.07) is 5.44. The molecule has 1 saturated carbocycles. The Balaban J connectivity index is 0.00000261. The van der Waals surface area contributed by atoms with E-state index in [1.54, 1.807) is 37.3 Å². The van der Waals surface area contributed by atoms with E-state index in [0.717, 1.165) is 19.3 Å². The highest BCUT2D eigenvalue weighted by molar-refractivity contribution is 6.00. The third-order valence-electron chi connectivity index (χ3n) is 5.43. The van der Waals surface area contributed by atoms with Crippen molar-refractivity contribution in [2.45, 2.75) is 31.7 Å². The average Bonchev–Trinajstić information content (AvgIpc) is 3.27. The highest BCUT2D eigenvalue weighted by Gasteiger charge is 2.37. The number of ether oxygens (including phenoxy) is 2. The van der Waals surface area contributed by atoms with Crippen molar-refractivity contribution < 1.29 is 19.1 Å². The van der Waals surface area contributed by atoms with Gasteiger partial charge in [-0.15, -0.1) is 12.4 Å². The highest BCUT2D eigenvalue weighted by Crippen LogP contribution is 2.33. The first-order valence-electron chi connectivity index (χ1n) is 9.09. The second-order valence-corrected chi connectivity index (χ2v) is 7.02. The van der Waals surface area contributed by atoms with Crippen molar-refractivity contribution in [3.05, 3.63) is 18.2 Å². The minimum absolute atomic E-state index is 0. The van der Waals surface area contributed by atoms with Crippen molar-refractivity contribution >= 4 is 29.9 Å². The Kier molecular flexibility index (Phi) is 7.33. The fraction of sp³-hybridized carbons (Fsp3) is 0.579. The quantitative estimate of drug-likeness (QED) is 0.762. The molecular formula is C19H28ClN3O4. The second-order valence-electron chi connectivity index (χ2n) is 7.02. The molecule has 150 valence electrons. The lowest BCUT2D eigenvalue weighted by Gasteiger charge is -2.22. The van der Waals surface area contributed by atoms with Gasteiger partial charge in [-0.3, -0.25) is 9.59 Å². The number of nitrogens with two attached hydrogens (primary N) is 1. The Morgan fingerprint density at radius 3 is 2.48 bits per heavy atom. The summed E-state index contributed by atoms with van der Waals surface area (Å²) in [5.41, 5.74) is 6.47. The number of methoxy groups -OCH3 is 2. The van der Waals surface area contributed by atoms with Crippen LogP contribution < -0.4 is 25.4 Å². The van der Waals surface area contributed by atoms with E-state index < -0.39 is 0 Å². The van der Waals surface area contributed by atoms with Crippen LogP contribution >= 0.6 is 12.4 Å². The molecular weight excluding hydrogens is 370 g/mol. The van der Waals surface area contributed by atoms with Gasteiger partial charge in [0, 0.05) is 37.2 Å². The van der Waals surface area contributed by atoms with Gasteiger partial charge in [-0.1, -0.05) is 6.42 Å². The summed E-state index contributed by atoms with van der Waals surface area (Å²) >= 11 is 0. The van der Waals surface area contributed by atoms with E-state index in [9.17, 15) is 9.59 Å². The van der Waals surface area contributed by atoms with Crippen LogP contribution in [0.15, 0.2) is 18.2 Å². The van der Waals surface area contributed by atoms with E-state index in [1.165, 1.54) is 0 Å². The van der Waals surface area contributed by atoms with Gasteiger partial charge in [0.05, 0.1) is 25.8 Å². The molecule has 0 radical (unpaired) electrons. The molecule has 3 N–H and O–H groups in total. The fourth-order valence-electron chi connectivity index (χ4n) is 3.89. The second kappa shape index (κ2) is 9.28. The maximum Gasteiger partial charge on any atom is 0.227 e. The Hall–Kier alpha value is -1.99. The van der Waals surface area contributed by atoms with Crippen LogP contribution in [0.4, 0.5) is 5.69 Å². The summed E-state index contributed by atoms with van der Waals surface area (Å²) in [4.78, 5) is 26.8. The first kappa shape index (κ1) is 21.3. The first-order chi connectivity index (χ1) is 12.5. The minimum Gasteiger partial charge on any atom is -0.497 e. The zero-order chi connectivity index (χ0) is 18.7. The molecule has 1 aliphatic heterocycles. The number of carbonyl (C=O) groups excluding carboxylic acids is 2. The van der Waals surface area contributed by atoms with Crippen molar-refractivity contribution in [1.82, 2.24) is 5.32 Å². The largest absolute Gasteiger partial charge is 0.497 e. The van der Waals surface area contributed by atoms with E-state index in [4.69, 9.17) is 15.2 Å². The summed E-state index contributed by atoms with van der Waals surface area (Å²) in [6.07, 6.45) is 3.32. The maximum atomic E-state index is 12.7. The summed E-state index contributed by atoms with van der Waals surface area (Å²) in [7, 11) is 3.13. The molecule has 2 amide bonds. The van der Waals surface area contributed by atoms with Gasteiger partial charge in [0.25, 0.3) is 0 Å². The van der Waals surface area contributed by atoms with E-state index in [1.807, 2.05) is 0 Å². The van der Waals surface area contributed by atoms with Gasteiger partial charge < -0.3 is 25.4 Å². The summed E-state index contributed by atoms with van der Waals surface area (Å²) in [6.45, 7) is 0.950. The number of nitrogens with one attached hydrogen (secondary N) is 1. The van der Waals surface area contributed by atoms with Crippen LogP contribution in [0, 0.1) is 11.8 Å². The number of anilines is 1. The molecule has 27 heavy (non-hydrogen) atoms. The number of rotatable bonds is 6. The zero-order valence-corrected chi connectivity index (χ0v) is 16.6. The van der Waals surface area contributed by atoms with Gasteiger partial charge in [0.2, 0.25) is 11.8 Å². The number of amides is 2. The molecule has 1 heterocycles. The van der Waals surface area contributed by atoms with Crippen LogP contribution in [0.2, 0.25) is 0 Å². The molecule has 0 bridgehead atoms. The van der Waals surface area contributed by atoms with E-state index in [0.29, 0.717) is 36.2 Å². The van der Waals surface area contributed by atoms with Gasteiger partial charge in [0.1, 0.15) is 11.5 Å². The lowest BCUT2D eigenvalue weighted by atomic mass is 10.0. The molecule has 2 aliphatic rings. The standard InChI is InChI=1S/C19H27N3O4.ClH/c1-25-15-7-14(8-16(9-15)26-2)22-11-13(6-18(22)23)19(24)21-17-5-3-4-12(17)10-20;/h7-9,12-13,17H,3-6,10-11,20H2,1-2H3,(H,21,24);1H. The zero-order valence-electron chi connectivity index (χ0n) is 15.8. The number of carbonyl (C=O) groups is 2. The average molecular weight is 398 g/mol. The molecule has 1 aromatic carbocycles. The number of benzene rings is 1. The van der Waals surface area contributed by atoms with Gasteiger partial charge >= 0.3 is 0 Å². The van der Waals surface area contributed by atoms with Gasteiger partial charge in [-0.05, 0) is 25.3 Å². The minimum atomic E-state index is -0.348. The van der Waals surface area contributed by atoms with E-state index >= 15 is 0 Å². The number of hydrogen-bond acceptors (Lipinski definition) is 5. The van der Waals surface area contributed by atoms with E-state index in [2.05, 4.69) is 5.32 Å². The summed E-state index contributed by atoms with van der Waals surface area (Å²) in [5, 5.41) is 3.11. The Labute approximate surface area is 166 Å². The van der Waals surface area contributed by atoms with Crippen molar-refractivity contribution in [3.8, 4) is 11.5 Å². The van der Waals surface area contributed by atoms with Crippen LogP contribution in [0.3, 0.4) is 0 Å². The third-order valence-corrected chi connectivity index (χ3v) is 5.43. The predicted molar refractivity (Wildman–Crippen MR) is 106 cm³/mol.